The lowest BCUT2D eigenvalue weighted by molar-refractivity contribution is -0.139. The monoisotopic (exact) mass is 465 g/mol. The molecule has 176 valence electrons. The van der Waals surface area contributed by atoms with Gasteiger partial charge in [0.15, 0.2) is 6.10 Å². The van der Waals surface area contributed by atoms with Crippen LogP contribution < -0.4 is 0 Å². The molecule has 2 amide bonds. The second-order valence-electron chi connectivity index (χ2n) is 8.23. The zero-order valence-corrected chi connectivity index (χ0v) is 19.5. The number of likely N-dealkylation sites (tertiary alicyclic amines) is 1. The highest BCUT2D eigenvalue weighted by Gasteiger charge is 2.30. The molecule has 2 fully saturated rings. The Balaban J connectivity index is 1.66. The number of amides is 2. The number of rotatable bonds is 5. The van der Waals surface area contributed by atoms with Crippen molar-refractivity contribution >= 4 is 27.8 Å². The molecular weight excluding hydrogens is 434 g/mol. The maximum atomic E-state index is 13.0. The first-order valence-corrected chi connectivity index (χ1v) is 12.5. The number of nitrogens with zero attached hydrogens (tertiary/aromatic N) is 3. The molecule has 0 spiro atoms. The van der Waals surface area contributed by atoms with E-state index in [0.717, 1.165) is 25.7 Å². The largest absolute Gasteiger partial charge is 0.449 e. The molecule has 1 aromatic carbocycles. The van der Waals surface area contributed by atoms with Gasteiger partial charge in [-0.1, -0.05) is 18.9 Å². The molecule has 0 bridgehead atoms. The van der Waals surface area contributed by atoms with Crippen molar-refractivity contribution in [3.05, 3.63) is 29.8 Å². The Morgan fingerprint density at radius 2 is 1.53 bits per heavy atom. The molecule has 32 heavy (non-hydrogen) atoms. The van der Waals surface area contributed by atoms with Gasteiger partial charge in [-0.05, 0) is 38.0 Å². The number of carbonyl (C=O) groups excluding carboxylic acids is 3. The fourth-order valence-corrected chi connectivity index (χ4v) is 5.47. The molecule has 0 unspecified atom stereocenters. The zero-order valence-electron chi connectivity index (χ0n) is 18.7. The van der Waals surface area contributed by atoms with Crippen LogP contribution in [0.4, 0.5) is 0 Å². The van der Waals surface area contributed by atoms with Crippen molar-refractivity contribution in [2.24, 2.45) is 0 Å². The maximum absolute atomic E-state index is 13.0. The van der Waals surface area contributed by atoms with Gasteiger partial charge in [0.25, 0.3) is 5.91 Å². The van der Waals surface area contributed by atoms with Gasteiger partial charge < -0.3 is 14.5 Å². The summed E-state index contributed by atoms with van der Waals surface area (Å²) in [6.07, 6.45) is 3.10. The van der Waals surface area contributed by atoms with E-state index in [1.54, 1.807) is 16.7 Å². The second kappa shape index (κ2) is 10.4. The standard InChI is InChI=1S/C22H31N3O6S/c1-17(21(27)24-10-5-3-4-6-11-24)31-22(28)19-8-7-9-20(16-19)32(29,30)25-14-12-23(13-15-25)18(2)26/h7-9,16-17H,3-6,10-15H2,1-2H3/t17-/m0/s1. The van der Waals surface area contributed by atoms with Crippen LogP contribution in [0.1, 0.15) is 49.9 Å². The van der Waals surface area contributed by atoms with E-state index in [1.807, 2.05) is 0 Å². The summed E-state index contributed by atoms with van der Waals surface area (Å²) in [5.41, 5.74) is 0.0731. The highest BCUT2D eigenvalue weighted by atomic mass is 32.2. The number of carbonyl (C=O) groups is 3. The summed E-state index contributed by atoms with van der Waals surface area (Å²) in [6.45, 7) is 5.35. The highest BCUT2D eigenvalue weighted by Crippen LogP contribution is 2.20. The maximum Gasteiger partial charge on any atom is 0.338 e. The second-order valence-corrected chi connectivity index (χ2v) is 10.2. The molecule has 0 N–H and O–H groups in total. The number of ether oxygens (including phenoxy) is 1. The number of hydrogen-bond donors (Lipinski definition) is 0. The Morgan fingerprint density at radius 1 is 0.906 bits per heavy atom. The Kier molecular flexibility index (Phi) is 7.89. The molecule has 0 radical (unpaired) electrons. The summed E-state index contributed by atoms with van der Waals surface area (Å²) in [6, 6.07) is 5.65. The van der Waals surface area contributed by atoms with Gasteiger partial charge in [0.1, 0.15) is 0 Å². The third-order valence-corrected chi connectivity index (χ3v) is 7.84. The summed E-state index contributed by atoms with van der Waals surface area (Å²) in [7, 11) is -3.82. The normalized spacial score (nSPS) is 19.2. The summed E-state index contributed by atoms with van der Waals surface area (Å²) < 4.78 is 32.7. The van der Waals surface area contributed by atoms with Gasteiger partial charge in [-0.2, -0.15) is 4.31 Å². The van der Waals surface area contributed by atoms with Crippen LogP contribution >= 0.6 is 0 Å². The Hall–Kier alpha value is -2.46. The molecule has 2 saturated heterocycles. The predicted octanol–water partition coefficient (Wildman–Crippen LogP) is 1.49. The topological polar surface area (TPSA) is 104 Å². The zero-order chi connectivity index (χ0) is 23.3. The van der Waals surface area contributed by atoms with Gasteiger partial charge in [0, 0.05) is 46.2 Å². The van der Waals surface area contributed by atoms with Crippen LogP contribution in [0.3, 0.4) is 0 Å². The third-order valence-electron chi connectivity index (χ3n) is 5.94. The van der Waals surface area contributed by atoms with E-state index >= 15 is 0 Å². The van der Waals surface area contributed by atoms with Crippen LogP contribution in [0.25, 0.3) is 0 Å². The van der Waals surface area contributed by atoms with Crippen LogP contribution in [0, 0.1) is 0 Å². The van der Waals surface area contributed by atoms with Crippen LogP contribution in [-0.4, -0.2) is 85.7 Å². The molecular formula is C22H31N3O6S. The van der Waals surface area contributed by atoms with Gasteiger partial charge in [0.2, 0.25) is 15.9 Å². The molecule has 2 heterocycles. The van der Waals surface area contributed by atoms with E-state index in [1.165, 1.54) is 35.5 Å². The molecule has 0 aromatic heterocycles. The average Bonchev–Trinajstić information content (AvgIpc) is 3.08. The van der Waals surface area contributed by atoms with E-state index in [-0.39, 0.29) is 35.4 Å². The number of benzene rings is 1. The van der Waals surface area contributed by atoms with Gasteiger partial charge in [-0.3, -0.25) is 9.59 Å². The van der Waals surface area contributed by atoms with Crippen molar-refractivity contribution in [2.75, 3.05) is 39.3 Å². The van der Waals surface area contributed by atoms with Crippen LogP contribution in [0.15, 0.2) is 29.2 Å². The van der Waals surface area contributed by atoms with Crippen molar-refractivity contribution in [1.29, 1.82) is 0 Å². The van der Waals surface area contributed by atoms with Crippen LogP contribution in [0.5, 0.6) is 0 Å². The minimum absolute atomic E-state index is 0.0188. The molecule has 0 saturated carbocycles. The van der Waals surface area contributed by atoms with E-state index < -0.39 is 22.1 Å². The minimum atomic E-state index is -3.82. The third kappa shape index (κ3) is 5.66. The van der Waals surface area contributed by atoms with Gasteiger partial charge >= 0.3 is 5.97 Å². The molecule has 1 atom stereocenters. The lowest BCUT2D eigenvalue weighted by Gasteiger charge is -2.33. The molecule has 2 aliphatic heterocycles. The van der Waals surface area contributed by atoms with E-state index in [0.29, 0.717) is 26.2 Å². The van der Waals surface area contributed by atoms with Crippen molar-refractivity contribution in [1.82, 2.24) is 14.1 Å². The average molecular weight is 466 g/mol. The van der Waals surface area contributed by atoms with Gasteiger partial charge in [0.05, 0.1) is 10.5 Å². The molecule has 0 aliphatic carbocycles. The fourth-order valence-electron chi connectivity index (χ4n) is 4.00. The first-order valence-electron chi connectivity index (χ1n) is 11.1. The molecule has 9 nitrogen and oxygen atoms in total. The number of hydrogen-bond acceptors (Lipinski definition) is 6. The fraction of sp³-hybridized carbons (Fsp3) is 0.591. The summed E-state index contributed by atoms with van der Waals surface area (Å²) in [4.78, 5) is 40.1. The van der Waals surface area contributed by atoms with Gasteiger partial charge in [-0.25, -0.2) is 13.2 Å². The van der Waals surface area contributed by atoms with Crippen molar-refractivity contribution in [3.63, 3.8) is 0 Å². The molecule has 3 rings (SSSR count). The van der Waals surface area contributed by atoms with E-state index in [2.05, 4.69) is 0 Å². The number of piperazine rings is 1. The summed E-state index contributed by atoms with van der Waals surface area (Å²) >= 11 is 0. The summed E-state index contributed by atoms with van der Waals surface area (Å²) in [5, 5.41) is 0. The minimum Gasteiger partial charge on any atom is -0.449 e. The Labute approximate surface area is 189 Å². The smallest absolute Gasteiger partial charge is 0.338 e. The Bertz CT molecular complexity index is 948. The first-order chi connectivity index (χ1) is 15.2. The van der Waals surface area contributed by atoms with Crippen LogP contribution in [0.2, 0.25) is 0 Å². The highest BCUT2D eigenvalue weighted by molar-refractivity contribution is 7.89. The van der Waals surface area contributed by atoms with Crippen LogP contribution in [-0.2, 0) is 24.3 Å². The summed E-state index contributed by atoms with van der Waals surface area (Å²) in [5.74, 6) is -1.05. The Morgan fingerprint density at radius 3 is 2.12 bits per heavy atom. The molecule has 2 aliphatic rings. The number of esters is 1. The van der Waals surface area contributed by atoms with Crippen molar-refractivity contribution < 1.29 is 27.5 Å². The lowest BCUT2D eigenvalue weighted by atomic mass is 10.2. The number of sulfonamides is 1. The molecule has 1 aromatic rings. The molecule has 10 heteroatoms. The predicted molar refractivity (Wildman–Crippen MR) is 117 cm³/mol. The lowest BCUT2D eigenvalue weighted by Crippen LogP contribution is -2.49. The quantitative estimate of drug-likeness (QED) is 0.610. The van der Waals surface area contributed by atoms with Gasteiger partial charge in [-0.15, -0.1) is 0 Å². The van der Waals surface area contributed by atoms with Crippen molar-refractivity contribution in [3.8, 4) is 0 Å². The van der Waals surface area contributed by atoms with E-state index in [9.17, 15) is 22.8 Å². The first kappa shape index (κ1) is 24.2. The SMILES string of the molecule is CC(=O)N1CCN(S(=O)(=O)c2cccc(C(=O)O[C@@H](C)C(=O)N3CCCCCC3)c2)CC1. The van der Waals surface area contributed by atoms with Crippen molar-refractivity contribution in [2.45, 2.75) is 50.5 Å². The van der Waals surface area contributed by atoms with E-state index in [4.69, 9.17) is 4.74 Å².